The molecule has 4 aromatic carbocycles. The van der Waals surface area contributed by atoms with Crippen molar-refractivity contribution in [2.24, 2.45) is 0 Å². The molecule has 0 atom stereocenters. The minimum absolute atomic E-state index is 0.00980. The van der Waals surface area contributed by atoms with Crippen LogP contribution >= 0.6 is 0 Å². The SMILES string of the molecule is O=S(=O)(O)c1cc(-c2ccccc2)ccc1-c1cc2c(-c3ccccc3)c(c1S(=O)(=O)O)C=C2. The molecule has 0 unspecified atom stereocenters. The zero-order valence-electron chi connectivity index (χ0n) is 17.6. The van der Waals surface area contributed by atoms with E-state index in [1.54, 1.807) is 42.5 Å². The molecule has 0 amide bonds. The molecule has 1 aliphatic rings. The Morgan fingerprint density at radius 3 is 1.76 bits per heavy atom. The maximum Gasteiger partial charge on any atom is 0.295 e. The second kappa shape index (κ2) is 8.03. The van der Waals surface area contributed by atoms with E-state index in [0.717, 1.165) is 11.1 Å². The molecule has 0 spiro atoms. The van der Waals surface area contributed by atoms with Crippen molar-refractivity contribution in [1.29, 1.82) is 0 Å². The molecule has 0 saturated heterocycles. The molecule has 34 heavy (non-hydrogen) atoms. The van der Waals surface area contributed by atoms with E-state index < -0.39 is 30.0 Å². The highest BCUT2D eigenvalue weighted by Crippen LogP contribution is 2.45. The van der Waals surface area contributed by atoms with Crippen LogP contribution in [-0.2, 0) is 20.2 Å². The third-order valence-corrected chi connectivity index (χ3v) is 7.60. The third-order valence-electron chi connectivity index (χ3n) is 5.75. The van der Waals surface area contributed by atoms with Gasteiger partial charge in [-0.1, -0.05) is 84.9 Å². The fourth-order valence-corrected chi connectivity index (χ4v) is 5.97. The monoisotopic (exact) mass is 490 g/mol. The molecule has 1 aliphatic carbocycles. The molecule has 0 heterocycles. The second-order valence-electron chi connectivity index (χ2n) is 7.86. The molecule has 0 fully saturated rings. The van der Waals surface area contributed by atoms with Gasteiger partial charge in [-0.05, 0) is 39.9 Å². The van der Waals surface area contributed by atoms with Crippen LogP contribution in [0.15, 0.2) is 94.7 Å². The number of fused-ring (bicyclic) bond motifs is 2. The standard InChI is InChI=1S/C26H18O6S2/c27-33(28,29)24-16-19(17-7-3-1-4-8-17)11-13-21(24)23-15-20-12-14-22(26(23)34(30,31)32)25(20)18-9-5-2-6-10-18/h1-16H,(H,27,28,29)(H,30,31,32). The lowest BCUT2D eigenvalue weighted by Crippen LogP contribution is -2.08. The summed E-state index contributed by atoms with van der Waals surface area (Å²) in [4.78, 5) is -0.869. The third kappa shape index (κ3) is 3.86. The molecule has 0 aliphatic heterocycles. The fourth-order valence-electron chi connectivity index (χ4n) is 4.34. The summed E-state index contributed by atoms with van der Waals surface area (Å²) >= 11 is 0. The Hall–Kier alpha value is -3.56. The van der Waals surface area contributed by atoms with E-state index in [-0.39, 0.29) is 16.7 Å². The normalized spacial score (nSPS) is 12.8. The molecule has 6 nitrogen and oxygen atoms in total. The molecular weight excluding hydrogens is 472 g/mol. The van der Waals surface area contributed by atoms with Crippen LogP contribution in [0, 0.1) is 0 Å². The van der Waals surface area contributed by atoms with Crippen molar-refractivity contribution >= 4 is 32.4 Å². The van der Waals surface area contributed by atoms with E-state index in [1.807, 2.05) is 36.4 Å². The molecule has 8 heteroatoms. The lowest BCUT2D eigenvalue weighted by Gasteiger charge is -2.17. The summed E-state index contributed by atoms with van der Waals surface area (Å²) < 4.78 is 70.1. The Bertz CT molecular complexity index is 1670. The van der Waals surface area contributed by atoms with Gasteiger partial charge in [0.25, 0.3) is 20.2 Å². The van der Waals surface area contributed by atoms with Crippen LogP contribution in [0.25, 0.3) is 45.5 Å². The average molecular weight is 491 g/mol. The minimum Gasteiger partial charge on any atom is -0.282 e. The number of hydrogen-bond acceptors (Lipinski definition) is 4. The molecule has 0 aromatic heterocycles. The first-order valence-electron chi connectivity index (χ1n) is 10.2. The molecule has 170 valence electrons. The van der Waals surface area contributed by atoms with Gasteiger partial charge in [0.2, 0.25) is 0 Å². The first kappa shape index (κ1) is 22.2. The highest BCUT2D eigenvalue weighted by atomic mass is 32.2. The van der Waals surface area contributed by atoms with Crippen molar-refractivity contribution in [3.63, 3.8) is 0 Å². The van der Waals surface area contributed by atoms with Gasteiger partial charge in [-0.15, -0.1) is 0 Å². The van der Waals surface area contributed by atoms with E-state index in [2.05, 4.69) is 0 Å². The summed E-state index contributed by atoms with van der Waals surface area (Å²) in [6.45, 7) is 0. The summed E-state index contributed by atoms with van der Waals surface area (Å²) in [5.41, 5.74) is 3.51. The van der Waals surface area contributed by atoms with Gasteiger partial charge in [-0.3, -0.25) is 9.11 Å². The van der Waals surface area contributed by atoms with Crippen molar-refractivity contribution in [2.75, 3.05) is 0 Å². The summed E-state index contributed by atoms with van der Waals surface area (Å²) in [5, 5.41) is 0. The summed E-state index contributed by atoms with van der Waals surface area (Å²) in [5.74, 6) is 0. The first-order chi connectivity index (χ1) is 16.1. The Balaban J connectivity index is 1.82. The Labute approximate surface area is 197 Å². The molecule has 4 aromatic rings. The van der Waals surface area contributed by atoms with Gasteiger partial charge in [-0.25, -0.2) is 0 Å². The van der Waals surface area contributed by atoms with Gasteiger partial charge in [0.05, 0.1) is 0 Å². The molecule has 0 saturated carbocycles. The summed E-state index contributed by atoms with van der Waals surface area (Å²) in [6.07, 6.45) is 3.29. The van der Waals surface area contributed by atoms with Crippen molar-refractivity contribution in [3.8, 4) is 33.4 Å². The molecule has 2 bridgehead atoms. The Morgan fingerprint density at radius 1 is 0.559 bits per heavy atom. The lowest BCUT2D eigenvalue weighted by atomic mass is 9.93. The molecule has 2 N–H and O–H groups in total. The Kier molecular flexibility index (Phi) is 5.26. The van der Waals surface area contributed by atoms with Crippen molar-refractivity contribution in [1.82, 2.24) is 0 Å². The summed E-state index contributed by atoms with van der Waals surface area (Å²) in [7, 11) is -9.51. The molecule has 0 radical (unpaired) electrons. The average Bonchev–Trinajstić information content (AvgIpc) is 3.10. The van der Waals surface area contributed by atoms with Crippen molar-refractivity contribution < 1.29 is 25.9 Å². The fraction of sp³-hybridized carbons (Fsp3) is 0. The summed E-state index contributed by atoms with van der Waals surface area (Å²) in [6, 6.07) is 24.0. The van der Waals surface area contributed by atoms with Gasteiger partial charge < -0.3 is 0 Å². The minimum atomic E-state index is -4.77. The maximum atomic E-state index is 12.6. The van der Waals surface area contributed by atoms with E-state index in [4.69, 9.17) is 0 Å². The van der Waals surface area contributed by atoms with Crippen LogP contribution in [0.2, 0.25) is 0 Å². The van der Waals surface area contributed by atoms with Crippen LogP contribution < -0.4 is 0 Å². The lowest BCUT2D eigenvalue weighted by molar-refractivity contribution is 0.480. The quantitative estimate of drug-likeness (QED) is 0.308. The van der Waals surface area contributed by atoms with Crippen LogP contribution in [0.3, 0.4) is 0 Å². The molecular formula is C26H18O6S2. The number of benzene rings is 4. The van der Waals surface area contributed by atoms with E-state index >= 15 is 0 Å². The smallest absolute Gasteiger partial charge is 0.282 e. The zero-order chi connectivity index (χ0) is 24.1. The second-order valence-corrected chi connectivity index (χ2v) is 10.6. The van der Waals surface area contributed by atoms with Gasteiger partial charge >= 0.3 is 0 Å². The topological polar surface area (TPSA) is 109 Å². The first-order valence-corrected chi connectivity index (χ1v) is 13.1. The van der Waals surface area contributed by atoms with Gasteiger partial charge in [0.15, 0.2) is 0 Å². The van der Waals surface area contributed by atoms with Crippen molar-refractivity contribution in [3.05, 3.63) is 96.1 Å². The van der Waals surface area contributed by atoms with E-state index in [0.29, 0.717) is 16.7 Å². The predicted octanol–water partition coefficient (Wildman–Crippen LogP) is 5.66. The predicted molar refractivity (Wildman–Crippen MR) is 131 cm³/mol. The van der Waals surface area contributed by atoms with Crippen LogP contribution in [-0.4, -0.2) is 25.9 Å². The van der Waals surface area contributed by atoms with Crippen LogP contribution in [0.1, 0.15) is 11.1 Å². The highest BCUT2D eigenvalue weighted by Gasteiger charge is 2.30. The highest BCUT2D eigenvalue weighted by molar-refractivity contribution is 7.86. The number of rotatable bonds is 5. The zero-order valence-corrected chi connectivity index (χ0v) is 19.2. The van der Waals surface area contributed by atoms with Crippen LogP contribution in [0.5, 0.6) is 0 Å². The largest absolute Gasteiger partial charge is 0.295 e. The van der Waals surface area contributed by atoms with E-state index in [1.165, 1.54) is 18.2 Å². The van der Waals surface area contributed by atoms with E-state index in [9.17, 15) is 25.9 Å². The van der Waals surface area contributed by atoms with Crippen molar-refractivity contribution in [2.45, 2.75) is 9.79 Å². The van der Waals surface area contributed by atoms with Gasteiger partial charge in [0.1, 0.15) is 9.79 Å². The number of hydrogen-bond donors (Lipinski definition) is 2. The van der Waals surface area contributed by atoms with Gasteiger partial charge in [0, 0.05) is 16.7 Å². The maximum absolute atomic E-state index is 12.6. The Morgan fingerprint density at radius 2 is 1.18 bits per heavy atom. The van der Waals surface area contributed by atoms with Gasteiger partial charge in [-0.2, -0.15) is 16.8 Å². The van der Waals surface area contributed by atoms with Crippen LogP contribution in [0.4, 0.5) is 0 Å². The molecule has 5 rings (SSSR count).